The lowest BCUT2D eigenvalue weighted by Gasteiger charge is -2.21. The van der Waals surface area contributed by atoms with Crippen LogP contribution in [0.4, 0.5) is 0 Å². The summed E-state index contributed by atoms with van der Waals surface area (Å²) in [5.74, 6) is 0. The number of nitrogens with one attached hydrogen (secondary N) is 1. The lowest BCUT2D eigenvalue weighted by atomic mass is 10.1. The van der Waals surface area contributed by atoms with Gasteiger partial charge in [0, 0.05) is 12.6 Å². The highest BCUT2D eigenvalue weighted by atomic mass is 15.1. The van der Waals surface area contributed by atoms with Crippen molar-refractivity contribution in [1.29, 1.82) is 0 Å². The summed E-state index contributed by atoms with van der Waals surface area (Å²) in [6.07, 6.45) is 4.10. The summed E-state index contributed by atoms with van der Waals surface area (Å²) in [5, 5.41) is 3.44. The molecule has 2 nitrogen and oxygen atoms in total. The van der Waals surface area contributed by atoms with E-state index in [4.69, 9.17) is 0 Å². The third kappa shape index (κ3) is 2.27. The molecular formula is C8H18N2. The molecule has 1 aliphatic rings. The minimum Gasteiger partial charge on any atom is -0.315 e. The van der Waals surface area contributed by atoms with E-state index < -0.39 is 0 Å². The molecule has 0 spiro atoms. The number of rotatable bonds is 1. The molecule has 1 saturated heterocycles. The zero-order chi connectivity index (χ0) is 7.40. The minimum atomic E-state index is 0.766. The maximum absolute atomic E-state index is 3.44. The summed E-state index contributed by atoms with van der Waals surface area (Å²) in [6, 6.07) is 0.766. The highest BCUT2D eigenvalue weighted by molar-refractivity contribution is 4.72. The number of nitrogens with zero attached hydrogens (tertiary/aromatic N) is 1. The van der Waals surface area contributed by atoms with Gasteiger partial charge in [-0.1, -0.05) is 6.42 Å². The van der Waals surface area contributed by atoms with Gasteiger partial charge in [-0.05, 0) is 33.5 Å². The van der Waals surface area contributed by atoms with Crippen LogP contribution in [0.25, 0.3) is 0 Å². The normalized spacial score (nSPS) is 28.5. The number of likely N-dealkylation sites (N-methyl/N-ethyl adjacent to an activating group) is 1. The molecule has 2 heteroatoms. The summed E-state index contributed by atoms with van der Waals surface area (Å²) < 4.78 is 0. The molecule has 0 saturated carbocycles. The molecule has 0 unspecified atom stereocenters. The van der Waals surface area contributed by atoms with Crippen molar-refractivity contribution >= 4 is 0 Å². The molecule has 1 atom stereocenters. The quantitative estimate of drug-likeness (QED) is 0.579. The van der Waals surface area contributed by atoms with E-state index in [2.05, 4.69) is 24.3 Å². The first kappa shape index (κ1) is 8.02. The molecule has 0 aromatic rings. The standard InChI is InChI=1S/C8H18N2/c1-10(2)8-5-3-4-6-9-7-8/h8-9H,3-7H2,1-2H3/t8-/m1/s1. The predicted octanol–water partition coefficient (Wildman–Crippen LogP) is 0.690. The molecule has 1 aliphatic heterocycles. The number of hydrogen-bond donors (Lipinski definition) is 1. The molecule has 10 heavy (non-hydrogen) atoms. The van der Waals surface area contributed by atoms with Gasteiger partial charge in [0.2, 0.25) is 0 Å². The molecule has 1 rings (SSSR count). The van der Waals surface area contributed by atoms with Crippen LogP contribution in [-0.2, 0) is 0 Å². The lowest BCUT2D eigenvalue weighted by molar-refractivity contribution is 0.279. The second-order valence-corrected chi connectivity index (χ2v) is 3.32. The van der Waals surface area contributed by atoms with Crippen molar-refractivity contribution in [3.05, 3.63) is 0 Å². The fraction of sp³-hybridized carbons (Fsp3) is 1.00. The Labute approximate surface area is 63.6 Å². The average Bonchev–Trinajstić information content (AvgIpc) is 2.12. The predicted molar refractivity (Wildman–Crippen MR) is 44.2 cm³/mol. The molecule has 0 radical (unpaired) electrons. The van der Waals surface area contributed by atoms with Gasteiger partial charge in [0.25, 0.3) is 0 Å². The van der Waals surface area contributed by atoms with Crippen molar-refractivity contribution in [3.63, 3.8) is 0 Å². The third-order valence-electron chi connectivity index (χ3n) is 2.25. The van der Waals surface area contributed by atoms with Gasteiger partial charge in [-0.2, -0.15) is 0 Å². The Morgan fingerprint density at radius 1 is 1.30 bits per heavy atom. The molecular weight excluding hydrogens is 124 g/mol. The summed E-state index contributed by atoms with van der Waals surface area (Å²) in [7, 11) is 4.33. The van der Waals surface area contributed by atoms with Crippen LogP contribution < -0.4 is 5.32 Å². The van der Waals surface area contributed by atoms with Crippen LogP contribution in [0.3, 0.4) is 0 Å². The summed E-state index contributed by atoms with van der Waals surface area (Å²) in [6.45, 7) is 2.39. The van der Waals surface area contributed by atoms with E-state index in [1.807, 2.05) is 0 Å². The topological polar surface area (TPSA) is 15.3 Å². The molecule has 60 valence electrons. The fourth-order valence-corrected chi connectivity index (χ4v) is 1.44. The van der Waals surface area contributed by atoms with E-state index in [0.717, 1.165) is 6.04 Å². The second kappa shape index (κ2) is 3.94. The van der Waals surface area contributed by atoms with Gasteiger partial charge in [-0.25, -0.2) is 0 Å². The lowest BCUT2D eigenvalue weighted by Crippen LogP contribution is -2.36. The van der Waals surface area contributed by atoms with Crippen molar-refractivity contribution in [2.45, 2.75) is 25.3 Å². The van der Waals surface area contributed by atoms with Crippen molar-refractivity contribution in [2.75, 3.05) is 27.2 Å². The smallest absolute Gasteiger partial charge is 0.0214 e. The van der Waals surface area contributed by atoms with E-state index in [0.29, 0.717) is 0 Å². The Hall–Kier alpha value is -0.0800. The van der Waals surface area contributed by atoms with Gasteiger partial charge >= 0.3 is 0 Å². The van der Waals surface area contributed by atoms with Crippen molar-refractivity contribution < 1.29 is 0 Å². The van der Waals surface area contributed by atoms with E-state index >= 15 is 0 Å². The highest BCUT2D eigenvalue weighted by Gasteiger charge is 2.12. The Morgan fingerprint density at radius 3 is 2.80 bits per heavy atom. The zero-order valence-corrected chi connectivity index (χ0v) is 7.06. The molecule has 0 amide bonds. The Kier molecular flexibility index (Phi) is 3.16. The molecule has 1 heterocycles. The Morgan fingerprint density at radius 2 is 2.10 bits per heavy atom. The van der Waals surface area contributed by atoms with Crippen molar-refractivity contribution in [3.8, 4) is 0 Å². The zero-order valence-electron chi connectivity index (χ0n) is 7.06. The van der Waals surface area contributed by atoms with Gasteiger partial charge in [-0.15, -0.1) is 0 Å². The van der Waals surface area contributed by atoms with Gasteiger partial charge < -0.3 is 10.2 Å². The van der Waals surface area contributed by atoms with Crippen LogP contribution >= 0.6 is 0 Å². The first-order valence-electron chi connectivity index (χ1n) is 4.18. The molecule has 1 N–H and O–H groups in total. The maximum atomic E-state index is 3.44. The highest BCUT2D eigenvalue weighted by Crippen LogP contribution is 2.07. The molecule has 0 aromatic carbocycles. The fourth-order valence-electron chi connectivity index (χ4n) is 1.44. The first-order chi connectivity index (χ1) is 4.80. The molecule has 0 aromatic heterocycles. The number of hydrogen-bond acceptors (Lipinski definition) is 2. The SMILES string of the molecule is CN(C)[C@@H]1CCCCNC1. The maximum Gasteiger partial charge on any atom is 0.0214 e. The van der Waals surface area contributed by atoms with E-state index in [-0.39, 0.29) is 0 Å². The third-order valence-corrected chi connectivity index (χ3v) is 2.25. The van der Waals surface area contributed by atoms with Gasteiger partial charge in [0.15, 0.2) is 0 Å². The molecule has 1 fully saturated rings. The monoisotopic (exact) mass is 142 g/mol. The minimum absolute atomic E-state index is 0.766. The summed E-state index contributed by atoms with van der Waals surface area (Å²) in [5.41, 5.74) is 0. The first-order valence-corrected chi connectivity index (χ1v) is 4.18. The van der Waals surface area contributed by atoms with Gasteiger partial charge in [0.05, 0.1) is 0 Å². The van der Waals surface area contributed by atoms with Crippen molar-refractivity contribution in [2.24, 2.45) is 0 Å². The van der Waals surface area contributed by atoms with Gasteiger partial charge in [-0.3, -0.25) is 0 Å². The van der Waals surface area contributed by atoms with Crippen molar-refractivity contribution in [1.82, 2.24) is 10.2 Å². The van der Waals surface area contributed by atoms with Crippen LogP contribution in [0.2, 0.25) is 0 Å². The van der Waals surface area contributed by atoms with E-state index in [1.54, 1.807) is 0 Å². The molecule has 0 aliphatic carbocycles. The van der Waals surface area contributed by atoms with Crippen LogP contribution in [0.15, 0.2) is 0 Å². The van der Waals surface area contributed by atoms with Crippen LogP contribution in [0.5, 0.6) is 0 Å². The van der Waals surface area contributed by atoms with Crippen LogP contribution in [0.1, 0.15) is 19.3 Å². The second-order valence-electron chi connectivity index (χ2n) is 3.32. The van der Waals surface area contributed by atoms with Gasteiger partial charge in [0.1, 0.15) is 0 Å². The van der Waals surface area contributed by atoms with E-state index in [1.165, 1.54) is 32.4 Å². The van der Waals surface area contributed by atoms with E-state index in [9.17, 15) is 0 Å². The Bertz CT molecular complexity index is 83.3. The van der Waals surface area contributed by atoms with Crippen LogP contribution in [-0.4, -0.2) is 38.1 Å². The Balaban J connectivity index is 2.28. The summed E-state index contributed by atoms with van der Waals surface area (Å²) in [4.78, 5) is 2.32. The summed E-state index contributed by atoms with van der Waals surface area (Å²) >= 11 is 0. The molecule has 0 bridgehead atoms. The van der Waals surface area contributed by atoms with Crippen LogP contribution in [0, 0.1) is 0 Å². The average molecular weight is 142 g/mol. The largest absolute Gasteiger partial charge is 0.315 e.